The van der Waals surface area contributed by atoms with E-state index in [0.717, 1.165) is 38.3 Å². The van der Waals surface area contributed by atoms with Gasteiger partial charge in [0.1, 0.15) is 5.75 Å². The van der Waals surface area contributed by atoms with Crippen LogP contribution >= 0.6 is 0 Å². The number of ether oxygens (including phenoxy) is 2. The largest absolute Gasteiger partial charge is 0.493 e. The minimum Gasteiger partial charge on any atom is -0.493 e. The first-order valence-electron chi connectivity index (χ1n) is 9.61. The number of hydrogen-bond donors (Lipinski definition) is 1. The minimum absolute atomic E-state index is 0.0580. The minimum atomic E-state index is 0.0580. The first-order chi connectivity index (χ1) is 12.2. The number of carbonyl (C=O) groups excluding carboxylic acids is 1. The normalized spacial score (nSPS) is 27.6. The van der Waals surface area contributed by atoms with E-state index in [4.69, 9.17) is 9.47 Å². The average molecular weight is 344 g/mol. The molecule has 4 rings (SSSR count). The van der Waals surface area contributed by atoms with Crippen molar-refractivity contribution in [3.05, 3.63) is 29.8 Å². The van der Waals surface area contributed by atoms with E-state index in [0.29, 0.717) is 18.6 Å². The zero-order chi connectivity index (χ0) is 17.2. The second-order valence-electron chi connectivity index (χ2n) is 7.57. The molecule has 0 spiro atoms. The number of para-hydroxylation sites is 1. The second kappa shape index (κ2) is 7.24. The first-order valence-corrected chi connectivity index (χ1v) is 9.61. The van der Waals surface area contributed by atoms with Gasteiger partial charge < -0.3 is 19.7 Å². The van der Waals surface area contributed by atoms with Crippen molar-refractivity contribution in [2.24, 2.45) is 5.92 Å². The zero-order valence-electron chi connectivity index (χ0n) is 14.9. The van der Waals surface area contributed by atoms with Crippen LogP contribution < -0.4 is 10.1 Å². The quantitative estimate of drug-likeness (QED) is 0.916. The number of hydrogen-bond acceptors (Lipinski definition) is 3. The molecule has 2 fully saturated rings. The first kappa shape index (κ1) is 16.7. The standard InChI is InChI=1S/C20H28N2O3/c1-14(17-13-25-19-6-3-2-5-16(17)19)21-20(23)22-10-8-15(9-11-22)18-7-4-12-24-18/h2-3,5-6,14-15,17-18H,4,7-13H2,1H3,(H,21,23). The lowest BCUT2D eigenvalue weighted by Gasteiger charge is -2.35. The van der Waals surface area contributed by atoms with Crippen molar-refractivity contribution in [1.29, 1.82) is 0 Å². The number of rotatable bonds is 3. The van der Waals surface area contributed by atoms with Crippen molar-refractivity contribution in [1.82, 2.24) is 10.2 Å². The predicted octanol–water partition coefficient (Wildman–Crippen LogP) is 3.15. The molecule has 2 saturated heterocycles. The molecule has 136 valence electrons. The zero-order valence-corrected chi connectivity index (χ0v) is 14.9. The number of nitrogens with zero attached hydrogens (tertiary/aromatic N) is 1. The van der Waals surface area contributed by atoms with Crippen molar-refractivity contribution >= 4 is 6.03 Å². The van der Waals surface area contributed by atoms with Gasteiger partial charge in [0.2, 0.25) is 0 Å². The molecule has 3 aliphatic heterocycles. The van der Waals surface area contributed by atoms with Gasteiger partial charge in [0.15, 0.2) is 0 Å². The van der Waals surface area contributed by atoms with Crippen LogP contribution in [0.3, 0.4) is 0 Å². The molecule has 1 aromatic rings. The van der Waals surface area contributed by atoms with E-state index in [1.165, 1.54) is 18.4 Å². The summed E-state index contributed by atoms with van der Waals surface area (Å²) in [5.74, 6) is 1.80. The fraction of sp³-hybridized carbons (Fsp3) is 0.650. The Morgan fingerprint density at radius 2 is 2.04 bits per heavy atom. The molecule has 25 heavy (non-hydrogen) atoms. The van der Waals surface area contributed by atoms with Crippen molar-refractivity contribution in [3.63, 3.8) is 0 Å². The summed E-state index contributed by atoms with van der Waals surface area (Å²) < 4.78 is 11.6. The third-order valence-electron chi connectivity index (χ3n) is 6.01. The van der Waals surface area contributed by atoms with Crippen LogP contribution in [0, 0.1) is 5.92 Å². The summed E-state index contributed by atoms with van der Waals surface area (Å²) in [5, 5.41) is 3.19. The lowest BCUT2D eigenvalue weighted by molar-refractivity contribution is 0.0370. The monoisotopic (exact) mass is 344 g/mol. The van der Waals surface area contributed by atoms with Gasteiger partial charge in [-0.05, 0) is 44.6 Å². The molecule has 3 heterocycles. The maximum atomic E-state index is 12.6. The summed E-state index contributed by atoms with van der Waals surface area (Å²) in [7, 11) is 0. The summed E-state index contributed by atoms with van der Waals surface area (Å²) >= 11 is 0. The third kappa shape index (κ3) is 3.47. The van der Waals surface area contributed by atoms with Crippen LogP contribution in [0.1, 0.15) is 44.1 Å². The fourth-order valence-electron chi connectivity index (χ4n) is 4.44. The Balaban J connectivity index is 1.29. The number of urea groups is 1. The number of benzene rings is 1. The van der Waals surface area contributed by atoms with Gasteiger partial charge in [-0.15, -0.1) is 0 Å². The van der Waals surface area contributed by atoms with Crippen LogP contribution in [0.4, 0.5) is 4.79 Å². The van der Waals surface area contributed by atoms with E-state index in [-0.39, 0.29) is 18.0 Å². The van der Waals surface area contributed by atoms with Gasteiger partial charge in [0.05, 0.1) is 12.7 Å². The number of likely N-dealkylation sites (tertiary alicyclic amines) is 1. The maximum Gasteiger partial charge on any atom is 0.317 e. The Labute approximate surface area is 149 Å². The lowest BCUT2D eigenvalue weighted by Crippen LogP contribution is -2.49. The SMILES string of the molecule is CC(NC(=O)N1CCC(C2CCCO2)CC1)C1COc2ccccc21. The number of piperidine rings is 1. The molecule has 0 bridgehead atoms. The van der Waals surface area contributed by atoms with E-state index in [1.807, 2.05) is 23.1 Å². The molecule has 3 aliphatic rings. The van der Waals surface area contributed by atoms with E-state index >= 15 is 0 Å². The van der Waals surface area contributed by atoms with Gasteiger partial charge in [-0.1, -0.05) is 18.2 Å². The van der Waals surface area contributed by atoms with Crippen molar-refractivity contribution in [2.45, 2.75) is 50.7 Å². The highest BCUT2D eigenvalue weighted by Crippen LogP contribution is 2.35. The van der Waals surface area contributed by atoms with Crippen LogP contribution in [-0.4, -0.2) is 49.4 Å². The maximum absolute atomic E-state index is 12.6. The molecule has 5 heteroatoms. The molecule has 3 atom stereocenters. The Kier molecular flexibility index (Phi) is 4.84. The number of nitrogens with one attached hydrogen (secondary N) is 1. The van der Waals surface area contributed by atoms with Gasteiger partial charge in [-0.3, -0.25) is 0 Å². The van der Waals surface area contributed by atoms with E-state index in [1.54, 1.807) is 0 Å². The molecule has 2 amide bonds. The Morgan fingerprint density at radius 3 is 2.80 bits per heavy atom. The number of carbonyl (C=O) groups is 1. The van der Waals surface area contributed by atoms with Gasteiger partial charge in [0, 0.05) is 37.2 Å². The van der Waals surface area contributed by atoms with Crippen LogP contribution in [-0.2, 0) is 4.74 Å². The highest BCUT2D eigenvalue weighted by Gasteiger charge is 2.33. The van der Waals surface area contributed by atoms with E-state index < -0.39 is 0 Å². The highest BCUT2D eigenvalue weighted by molar-refractivity contribution is 5.74. The molecule has 5 nitrogen and oxygen atoms in total. The van der Waals surface area contributed by atoms with Gasteiger partial charge >= 0.3 is 6.03 Å². The highest BCUT2D eigenvalue weighted by atomic mass is 16.5. The fourth-order valence-corrected chi connectivity index (χ4v) is 4.44. The third-order valence-corrected chi connectivity index (χ3v) is 6.01. The smallest absolute Gasteiger partial charge is 0.317 e. The summed E-state index contributed by atoms with van der Waals surface area (Å²) in [6, 6.07) is 8.24. The van der Waals surface area contributed by atoms with Crippen LogP contribution in [0.15, 0.2) is 24.3 Å². The summed E-state index contributed by atoms with van der Waals surface area (Å²) in [5.41, 5.74) is 1.20. The van der Waals surface area contributed by atoms with Crippen LogP contribution in [0.2, 0.25) is 0 Å². The van der Waals surface area contributed by atoms with Gasteiger partial charge in [-0.25, -0.2) is 4.79 Å². The summed E-state index contributed by atoms with van der Waals surface area (Å²) in [6.07, 6.45) is 4.92. The van der Waals surface area contributed by atoms with Crippen molar-refractivity contribution in [2.75, 3.05) is 26.3 Å². The van der Waals surface area contributed by atoms with E-state index in [9.17, 15) is 4.79 Å². The molecule has 0 aliphatic carbocycles. The predicted molar refractivity (Wildman–Crippen MR) is 95.9 cm³/mol. The Morgan fingerprint density at radius 1 is 1.24 bits per heavy atom. The van der Waals surface area contributed by atoms with Crippen LogP contribution in [0.5, 0.6) is 5.75 Å². The molecule has 0 aromatic heterocycles. The topological polar surface area (TPSA) is 50.8 Å². The molecular formula is C20H28N2O3. The lowest BCUT2D eigenvalue weighted by atomic mass is 9.90. The van der Waals surface area contributed by atoms with Crippen molar-refractivity contribution in [3.8, 4) is 5.75 Å². The molecule has 1 N–H and O–H groups in total. The second-order valence-corrected chi connectivity index (χ2v) is 7.57. The Hall–Kier alpha value is -1.75. The molecule has 1 aromatic carbocycles. The Bertz CT molecular complexity index is 607. The van der Waals surface area contributed by atoms with Crippen molar-refractivity contribution < 1.29 is 14.3 Å². The number of amides is 2. The molecule has 3 unspecified atom stereocenters. The molecule has 0 radical (unpaired) electrons. The van der Waals surface area contributed by atoms with Gasteiger partial charge in [-0.2, -0.15) is 0 Å². The van der Waals surface area contributed by atoms with Crippen LogP contribution in [0.25, 0.3) is 0 Å². The van der Waals surface area contributed by atoms with E-state index in [2.05, 4.69) is 18.3 Å². The summed E-state index contributed by atoms with van der Waals surface area (Å²) in [6.45, 7) is 5.30. The summed E-state index contributed by atoms with van der Waals surface area (Å²) in [4.78, 5) is 14.6. The van der Waals surface area contributed by atoms with Gasteiger partial charge in [0.25, 0.3) is 0 Å². The molecule has 0 saturated carbocycles. The average Bonchev–Trinajstić information content (AvgIpc) is 3.31. The number of fused-ring (bicyclic) bond motifs is 1. The molecular weight excluding hydrogens is 316 g/mol.